The Kier molecular flexibility index (Phi) is 8.07. The minimum atomic E-state index is -0.632. The van der Waals surface area contributed by atoms with E-state index < -0.39 is 6.04 Å². The van der Waals surface area contributed by atoms with Crippen molar-refractivity contribution in [3.05, 3.63) is 24.3 Å². The van der Waals surface area contributed by atoms with E-state index in [1.807, 2.05) is 13.8 Å². The molecule has 2 amide bonds. The number of nitrogens with two attached hydrogens (primary N) is 1. The summed E-state index contributed by atoms with van der Waals surface area (Å²) in [7, 11) is 1.58. The SMILES string of the molecule is COCCOc1ccccc1NC(=O)CNC(=O)[C@@H](N)C(C)C. The molecule has 0 saturated heterocycles. The van der Waals surface area contributed by atoms with Gasteiger partial charge in [-0.15, -0.1) is 0 Å². The number of ether oxygens (including phenoxy) is 2. The fraction of sp³-hybridized carbons (Fsp3) is 0.500. The van der Waals surface area contributed by atoms with Gasteiger partial charge >= 0.3 is 0 Å². The lowest BCUT2D eigenvalue weighted by molar-refractivity contribution is -0.125. The highest BCUT2D eigenvalue weighted by atomic mass is 16.5. The lowest BCUT2D eigenvalue weighted by atomic mass is 10.1. The summed E-state index contributed by atoms with van der Waals surface area (Å²) in [5.74, 6) is -0.145. The Bertz CT molecular complexity index is 520. The van der Waals surface area contributed by atoms with Gasteiger partial charge in [0.2, 0.25) is 11.8 Å². The highest BCUT2D eigenvalue weighted by molar-refractivity contribution is 5.96. The van der Waals surface area contributed by atoms with Gasteiger partial charge in [-0.05, 0) is 18.1 Å². The zero-order chi connectivity index (χ0) is 17.2. The molecule has 0 aliphatic rings. The predicted molar refractivity (Wildman–Crippen MR) is 88.3 cm³/mol. The highest BCUT2D eigenvalue weighted by Crippen LogP contribution is 2.23. The molecule has 1 rings (SSSR count). The molecule has 7 heteroatoms. The second-order valence-corrected chi connectivity index (χ2v) is 5.37. The van der Waals surface area contributed by atoms with Crippen LogP contribution < -0.4 is 21.1 Å². The number of carbonyl (C=O) groups is 2. The number of anilines is 1. The summed E-state index contributed by atoms with van der Waals surface area (Å²) < 4.78 is 10.4. The van der Waals surface area contributed by atoms with Crippen LogP contribution in [-0.4, -0.2) is 44.7 Å². The van der Waals surface area contributed by atoms with Crippen molar-refractivity contribution in [1.82, 2.24) is 5.32 Å². The molecule has 4 N–H and O–H groups in total. The average molecular weight is 323 g/mol. The van der Waals surface area contributed by atoms with Crippen molar-refractivity contribution in [1.29, 1.82) is 0 Å². The van der Waals surface area contributed by atoms with Crippen LogP contribution in [-0.2, 0) is 14.3 Å². The number of rotatable bonds is 9. The largest absolute Gasteiger partial charge is 0.489 e. The molecule has 7 nitrogen and oxygen atoms in total. The van der Waals surface area contributed by atoms with E-state index in [0.717, 1.165) is 0 Å². The summed E-state index contributed by atoms with van der Waals surface area (Å²) in [6.45, 7) is 4.37. The third-order valence-corrected chi connectivity index (χ3v) is 3.15. The van der Waals surface area contributed by atoms with E-state index >= 15 is 0 Å². The number of carbonyl (C=O) groups excluding carboxylic acids is 2. The van der Waals surface area contributed by atoms with Crippen molar-refractivity contribution >= 4 is 17.5 Å². The molecule has 0 saturated carbocycles. The molecular formula is C16H25N3O4. The van der Waals surface area contributed by atoms with Crippen LogP contribution in [0.3, 0.4) is 0 Å². The number of para-hydroxylation sites is 2. The van der Waals surface area contributed by atoms with Gasteiger partial charge in [0, 0.05) is 7.11 Å². The molecule has 0 unspecified atom stereocenters. The maximum absolute atomic E-state index is 11.9. The molecule has 0 aliphatic heterocycles. The molecule has 0 bridgehead atoms. The summed E-state index contributed by atoms with van der Waals surface area (Å²) in [5.41, 5.74) is 6.25. The minimum absolute atomic E-state index is 0.00738. The zero-order valence-electron chi connectivity index (χ0n) is 13.8. The number of hydrogen-bond donors (Lipinski definition) is 3. The van der Waals surface area contributed by atoms with Crippen molar-refractivity contribution in [2.75, 3.05) is 32.2 Å². The third-order valence-electron chi connectivity index (χ3n) is 3.15. The average Bonchev–Trinajstić information content (AvgIpc) is 2.53. The maximum atomic E-state index is 11.9. The quantitative estimate of drug-likeness (QED) is 0.582. The molecule has 0 radical (unpaired) electrons. The Labute approximate surface area is 136 Å². The molecule has 1 aromatic rings. The van der Waals surface area contributed by atoms with Gasteiger partial charge in [0.25, 0.3) is 0 Å². The van der Waals surface area contributed by atoms with Gasteiger partial charge < -0.3 is 25.8 Å². The van der Waals surface area contributed by atoms with E-state index in [9.17, 15) is 9.59 Å². The molecule has 1 atom stereocenters. The van der Waals surface area contributed by atoms with E-state index in [0.29, 0.717) is 24.7 Å². The zero-order valence-corrected chi connectivity index (χ0v) is 13.8. The van der Waals surface area contributed by atoms with Crippen molar-refractivity contribution in [2.24, 2.45) is 11.7 Å². The first kappa shape index (κ1) is 18.9. The summed E-state index contributed by atoms with van der Waals surface area (Å²) in [6.07, 6.45) is 0. The van der Waals surface area contributed by atoms with Gasteiger partial charge in [0.05, 0.1) is 24.9 Å². The predicted octanol–water partition coefficient (Wildman–Crippen LogP) is 0.750. The van der Waals surface area contributed by atoms with Gasteiger partial charge in [0.1, 0.15) is 12.4 Å². The molecule has 1 aromatic carbocycles. The third kappa shape index (κ3) is 6.66. The van der Waals surface area contributed by atoms with Crippen molar-refractivity contribution in [3.8, 4) is 5.75 Å². The van der Waals surface area contributed by atoms with Crippen LogP contribution in [0.4, 0.5) is 5.69 Å². The van der Waals surface area contributed by atoms with Crippen LogP contribution in [0.1, 0.15) is 13.8 Å². The fourth-order valence-corrected chi connectivity index (χ4v) is 1.71. The number of benzene rings is 1. The second-order valence-electron chi connectivity index (χ2n) is 5.37. The molecule has 0 fully saturated rings. The number of nitrogens with one attached hydrogen (secondary N) is 2. The molecular weight excluding hydrogens is 298 g/mol. The summed E-state index contributed by atoms with van der Waals surface area (Å²) >= 11 is 0. The standard InChI is InChI=1S/C16H25N3O4/c1-11(2)15(17)16(21)18-10-14(20)19-12-6-4-5-7-13(12)23-9-8-22-3/h4-7,11,15H,8-10,17H2,1-3H3,(H,18,21)(H,19,20)/t15-/m0/s1. The molecule has 23 heavy (non-hydrogen) atoms. The Morgan fingerprint density at radius 1 is 1.22 bits per heavy atom. The fourth-order valence-electron chi connectivity index (χ4n) is 1.71. The minimum Gasteiger partial charge on any atom is -0.489 e. The van der Waals surface area contributed by atoms with Gasteiger partial charge in [-0.3, -0.25) is 9.59 Å². The molecule has 0 spiro atoms. The van der Waals surface area contributed by atoms with Crippen LogP contribution in [0.2, 0.25) is 0 Å². The number of hydrogen-bond acceptors (Lipinski definition) is 5. The van der Waals surface area contributed by atoms with Gasteiger partial charge in [-0.25, -0.2) is 0 Å². The highest BCUT2D eigenvalue weighted by Gasteiger charge is 2.17. The van der Waals surface area contributed by atoms with Gasteiger partial charge in [-0.2, -0.15) is 0 Å². The lowest BCUT2D eigenvalue weighted by Crippen LogP contribution is -2.46. The van der Waals surface area contributed by atoms with Crippen LogP contribution >= 0.6 is 0 Å². The van der Waals surface area contributed by atoms with Gasteiger partial charge in [0.15, 0.2) is 0 Å². The Hall–Kier alpha value is -2.12. The first-order valence-corrected chi connectivity index (χ1v) is 7.49. The van der Waals surface area contributed by atoms with Crippen molar-refractivity contribution in [3.63, 3.8) is 0 Å². The van der Waals surface area contributed by atoms with Crippen LogP contribution in [0.5, 0.6) is 5.75 Å². The molecule has 0 aliphatic carbocycles. The Balaban J connectivity index is 2.52. The Morgan fingerprint density at radius 2 is 1.91 bits per heavy atom. The first-order valence-electron chi connectivity index (χ1n) is 7.49. The summed E-state index contributed by atoms with van der Waals surface area (Å²) in [5, 5.41) is 5.22. The van der Waals surface area contributed by atoms with E-state index in [4.69, 9.17) is 15.2 Å². The summed E-state index contributed by atoms with van der Waals surface area (Å²) in [6, 6.07) is 6.43. The molecule has 128 valence electrons. The van der Waals surface area contributed by atoms with E-state index in [2.05, 4.69) is 10.6 Å². The second kappa shape index (κ2) is 9.81. The monoisotopic (exact) mass is 323 g/mol. The summed E-state index contributed by atoms with van der Waals surface area (Å²) in [4.78, 5) is 23.7. The number of methoxy groups -OCH3 is 1. The number of amides is 2. The first-order chi connectivity index (χ1) is 11.0. The van der Waals surface area contributed by atoms with Crippen LogP contribution in [0, 0.1) is 5.92 Å². The Morgan fingerprint density at radius 3 is 2.57 bits per heavy atom. The topological polar surface area (TPSA) is 103 Å². The normalized spacial score (nSPS) is 11.9. The van der Waals surface area contributed by atoms with Crippen molar-refractivity contribution < 1.29 is 19.1 Å². The van der Waals surface area contributed by atoms with E-state index in [1.54, 1.807) is 31.4 Å². The van der Waals surface area contributed by atoms with E-state index in [1.165, 1.54) is 0 Å². The smallest absolute Gasteiger partial charge is 0.243 e. The van der Waals surface area contributed by atoms with Crippen molar-refractivity contribution in [2.45, 2.75) is 19.9 Å². The molecule has 0 aromatic heterocycles. The molecule has 0 heterocycles. The maximum Gasteiger partial charge on any atom is 0.243 e. The van der Waals surface area contributed by atoms with Gasteiger partial charge in [-0.1, -0.05) is 26.0 Å². The van der Waals surface area contributed by atoms with E-state index in [-0.39, 0.29) is 24.3 Å². The van der Waals surface area contributed by atoms with Crippen LogP contribution in [0.25, 0.3) is 0 Å². The lowest BCUT2D eigenvalue weighted by Gasteiger charge is -2.16. The van der Waals surface area contributed by atoms with Crippen LogP contribution in [0.15, 0.2) is 24.3 Å².